The summed E-state index contributed by atoms with van der Waals surface area (Å²) in [5.74, 6) is 2.56. The van der Waals surface area contributed by atoms with Crippen LogP contribution in [0.25, 0.3) is 6.08 Å². The summed E-state index contributed by atoms with van der Waals surface area (Å²) in [5, 5.41) is 2.95. The first-order valence-corrected chi connectivity index (χ1v) is 17.0. The van der Waals surface area contributed by atoms with Crippen molar-refractivity contribution in [3.05, 3.63) is 137 Å². The van der Waals surface area contributed by atoms with Gasteiger partial charge in [0.1, 0.15) is 5.76 Å². The third-order valence-electron chi connectivity index (χ3n) is 8.88. The summed E-state index contributed by atoms with van der Waals surface area (Å²) >= 11 is 0. The van der Waals surface area contributed by atoms with Crippen molar-refractivity contribution in [1.82, 2.24) is 4.90 Å². The third kappa shape index (κ3) is 6.88. The van der Waals surface area contributed by atoms with E-state index < -0.39 is 7.92 Å². The van der Waals surface area contributed by atoms with E-state index in [-0.39, 0.29) is 0 Å². The van der Waals surface area contributed by atoms with E-state index in [1.54, 1.807) is 0 Å². The molecule has 0 aromatic heterocycles. The molecule has 2 aromatic rings. The standard InChI is InChI=1S/C39H44NOP/c1-29-10-7-8-13-39(29)42(37-11-5-4-6-12-37)38-21-19-33-26-31(15-17-35(33)28-38)24-30-14-16-34-27-36(20-18-32(34)25-30)41-23-9-22-40(2)3/h4-8,10-15,17-21,25,27-29,31,34,39H,9,16,22-24,26H2,1-3H3. The summed E-state index contributed by atoms with van der Waals surface area (Å²) in [6.07, 6.45) is 30.1. The van der Waals surface area contributed by atoms with Gasteiger partial charge in [-0.25, -0.2) is 0 Å². The Morgan fingerprint density at radius 1 is 0.929 bits per heavy atom. The van der Waals surface area contributed by atoms with E-state index in [1.807, 2.05) is 0 Å². The van der Waals surface area contributed by atoms with Gasteiger partial charge in [0.25, 0.3) is 0 Å². The summed E-state index contributed by atoms with van der Waals surface area (Å²) in [7, 11) is 3.74. The summed E-state index contributed by atoms with van der Waals surface area (Å²) in [5.41, 5.74) is 6.32. The Morgan fingerprint density at radius 2 is 1.79 bits per heavy atom. The fraction of sp³-hybridized carbons (Fsp3) is 0.333. The minimum Gasteiger partial charge on any atom is -0.494 e. The van der Waals surface area contributed by atoms with Crippen molar-refractivity contribution in [2.75, 3.05) is 27.2 Å². The Labute approximate surface area is 254 Å². The maximum Gasteiger partial charge on any atom is 0.115 e. The van der Waals surface area contributed by atoms with Gasteiger partial charge in [-0.3, -0.25) is 0 Å². The van der Waals surface area contributed by atoms with Crippen LogP contribution >= 0.6 is 7.92 Å². The molecule has 0 fully saturated rings. The van der Waals surface area contributed by atoms with Crippen LogP contribution in [0.2, 0.25) is 0 Å². The van der Waals surface area contributed by atoms with Gasteiger partial charge < -0.3 is 9.64 Å². The molecule has 3 heteroatoms. The summed E-state index contributed by atoms with van der Waals surface area (Å²) < 4.78 is 6.04. The maximum absolute atomic E-state index is 6.04. The average Bonchev–Trinajstić information content (AvgIpc) is 3.01. The van der Waals surface area contributed by atoms with Gasteiger partial charge in [-0.15, -0.1) is 0 Å². The number of rotatable bonds is 10. The Hall–Kier alpha value is -3.19. The molecule has 0 saturated carbocycles. The normalized spacial score (nSPS) is 24.9. The maximum atomic E-state index is 6.04. The Kier molecular flexibility index (Phi) is 9.23. The van der Waals surface area contributed by atoms with Crippen molar-refractivity contribution in [2.45, 2.75) is 38.3 Å². The monoisotopic (exact) mass is 573 g/mol. The number of hydrogen-bond acceptors (Lipinski definition) is 2. The molecule has 0 aliphatic heterocycles. The van der Waals surface area contributed by atoms with Gasteiger partial charge in [0.15, 0.2) is 0 Å². The minimum atomic E-state index is -0.478. The summed E-state index contributed by atoms with van der Waals surface area (Å²) in [4.78, 5) is 2.20. The van der Waals surface area contributed by atoms with Gasteiger partial charge in [-0.05, 0) is 105 Å². The molecule has 2 nitrogen and oxygen atoms in total. The second-order valence-corrected chi connectivity index (χ2v) is 14.8. The molecule has 0 spiro atoms. The highest BCUT2D eigenvalue weighted by atomic mass is 31.1. The van der Waals surface area contributed by atoms with Crippen LogP contribution in [-0.2, 0) is 11.2 Å². The molecule has 0 amide bonds. The van der Waals surface area contributed by atoms with Gasteiger partial charge in [-0.2, -0.15) is 0 Å². The van der Waals surface area contributed by atoms with Gasteiger partial charge in [0.05, 0.1) is 6.61 Å². The molecule has 216 valence electrons. The van der Waals surface area contributed by atoms with E-state index in [4.69, 9.17) is 4.74 Å². The van der Waals surface area contributed by atoms with E-state index in [1.165, 1.54) is 32.9 Å². The van der Waals surface area contributed by atoms with Gasteiger partial charge in [0.2, 0.25) is 0 Å². The lowest BCUT2D eigenvalue weighted by atomic mass is 9.80. The fourth-order valence-corrected chi connectivity index (χ4v) is 9.42. The van der Waals surface area contributed by atoms with Crippen LogP contribution in [-0.4, -0.2) is 37.8 Å². The highest BCUT2D eigenvalue weighted by Gasteiger charge is 2.28. The van der Waals surface area contributed by atoms with E-state index in [9.17, 15) is 0 Å². The van der Waals surface area contributed by atoms with Crippen LogP contribution in [0.1, 0.15) is 37.3 Å². The molecule has 6 rings (SSSR count). The van der Waals surface area contributed by atoms with Crippen molar-refractivity contribution < 1.29 is 4.74 Å². The smallest absolute Gasteiger partial charge is 0.115 e. The van der Waals surface area contributed by atoms with Crippen molar-refractivity contribution in [1.29, 1.82) is 0 Å². The van der Waals surface area contributed by atoms with Crippen LogP contribution < -0.4 is 10.6 Å². The Bertz CT molecular complexity index is 1470. The topological polar surface area (TPSA) is 12.5 Å². The zero-order valence-corrected chi connectivity index (χ0v) is 26.2. The van der Waals surface area contributed by atoms with Crippen LogP contribution in [0.5, 0.6) is 0 Å². The van der Waals surface area contributed by atoms with Crippen LogP contribution in [0, 0.1) is 17.8 Å². The van der Waals surface area contributed by atoms with Crippen LogP contribution in [0.4, 0.5) is 0 Å². The first-order valence-electron chi connectivity index (χ1n) is 15.6. The lowest BCUT2D eigenvalue weighted by Crippen LogP contribution is -2.26. The highest BCUT2D eigenvalue weighted by molar-refractivity contribution is 7.73. The van der Waals surface area contributed by atoms with Crippen molar-refractivity contribution >= 4 is 24.6 Å². The van der Waals surface area contributed by atoms with E-state index in [0.717, 1.165) is 44.6 Å². The Balaban J connectivity index is 1.11. The van der Waals surface area contributed by atoms with Crippen molar-refractivity contribution in [2.24, 2.45) is 17.8 Å². The molecule has 0 heterocycles. The number of nitrogens with zero attached hydrogens (tertiary/aromatic N) is 1. The molecule has 4 aliphatic carbocycles. The minimum absolute atomic E-state index is 0.445. The zero-order valence-electron chi connectivity index (χ0n) is 25.3. The molecule has 42 heavy (non-hydrogen) atoms. The second-order valence-electron chi connectivity index (χ2n) is 12.4. The van der Waals surface area contributed by atoms with Gasteiger partial charge >= 0.3 is 0 Å². The second kappa shape index (κ2) is 13.4. The number of hydrogen-bond donors (Lipinski definition) is 0. The summed E-state index contributed by atoms with van der Waals surface area (Å²) in [6.45, 7) is 4.20. The van der Waals surface area contributed by atoms with Crippen molar-refractivity contribution in [3.63, 3.8) is 0 Å². The first kappa shape index (κ1) is 28.9. The van der Waals surface area contributed by atoms with Crippen LogP contribution in [0.15, 0.2) is 126 Å². The molecule has 0 N–H and O–H groups in total. The largest absolute Gasteiger partial charge is 0.494 e. The predicted octanol–water partition coefficient (Wildman–Crippen LogP) is 8.12. The predicted molar refractivity (Wildman–Crippen MR) is 182 cm³/mol. The first-order chi connectivity index (χ1) is 20.5. The lowest BCUT2D eigenvalue weighted by molar-refractivity contribution is 0.204. The highest BCUT2D eigenvalue weighted by Crippen LogP contribution is 2.46. The molecule has 5 unspecified atom stereocenters. The Morgan fingerprint density at radius 3 is 2.62 bits per heavy atom. The quantitative estimate of drug-likeness (QED) is 0.210. The molecule has 0 radical (unpaired) electrons. The fourth-order valence-electron chi connectivity index (χ4n) is 6.59. The van der Waals surface area contributed by atoms with E-state index in [2.05, 4.69) is 141 Å². The number of allylic oxidation sites excluding steroid dienone is 12. The lowest BCUT2D eigenvalue weighted by Gasteiger charge is -2.32. The molecule has 0 bridgehead atoms. The molecular weight excluding hydrogens is 529 g/mol. The molecule has 5 atom stereocenters. The average molecular weight is 574 g/mol. The van der Waals surface area contributed by atoms with Crippen LogP contribution in [0.3, 0.4) is 0 Å². The number of ether oxygens (including phenoxy) is 1. The van der Waals surface area contributed by atoms with Gasteiger partial charge in [-0.1, -0.05) is 110 Å². The number of fused-ring (bicyclic) bond motifs is 2. The van der Waals surface area contributed by atoms with E-state index in [0.29, 0.717) is 23.4 Å². The molecule has 2 aromatic carbocycles. The summed E-state index contributed by atoms with van der Waals surface area (Å²) in [6, 6.07) is 18.5. The van der Waals surface area contributed by atoms with E-state index >= 15 is 0 Å². The SMILES string of the molecule is CC1C=CC=CC1P(c1ccccc1)c1ccc2c(c1)C=CC(CC1=CCC3C=C(OCCCN(C)C)C=CC3=C1)C2. The van der Waals surface area contributed by atoms with Gasteiger partial charge in [0, 0.05) is 18.1 Å². The molecule has 0 saturated heterocycles. The zero-order chi connectivity index (χ0) is 28.9. The third-order valence-corrected chi connectivity index (χ3v) is 11.8. The van der Waals surface area contributed by atoms with Crippen molar-refractivity contribution in [3.8, 4) is 0 Å². The molecule has 4 aliphatic rings. The molecular formula is C39H44NOP. The number of benzene rings is 2.